The normalized spacial score (nSPS) is 17.9. The SMILES string of the molecule is Clc1ccc(C2=NC(Cc3ccccc3)CO2)nc1. The molecule has 0 bridgehead atoms. The van der Waals surface area contributed by atoms with E-state index in [0.717, 1.165) is 12.1 Å². The van der Waals surface area contributed by atoms with Crippen molar-refractivity contribution in [3.05, 3.63) is 64.9 Å². The van der Waals surface area contributed by atoms with Gasteiger partial charge >= 0.3 is 0 Å². The minimum Gasteiger partial charge on any atom is -0.474 e. The fourth-order valence-corrected chi connectivity index (χ4v) is 2.16. The van der Waals surface area contributed by atoms with Crippen LogP contribution in [0.1, 0.15) is 11.3 Å². The zero-order valence-corrected chi connectivity index (χ0v) is 11.0. The summed E-state index contributed by atoms with van der Waals surface area (Å²) in [4.78, 5) is 8.79. The van der Waals surface area contributed by atoms with Gasteiger partial charge in [0.2, 0.25) is 5.90 Å². The van der Waals surface area contributed by atoms with Crippen LogP contribution >= 0.6 is 11.6 Å². The van der Waals surface area contributed by atoms with Gasteiger partial charge in [-0.2, -0.15) is 0 Å². The third kappa shape index (κ3) is 2.93. The van der Waals surface area contributed by atoms with Gasteiger partial charge in [0.15, 0.2) is 0 Å². The lowest BCUT2D eigenvalue weighted by Crippen LogP contribution is -2.09. The van der Waals surface area contributed by atoms with E-state index in [4.69, 9.17) is 16.3 Å². The van der Waals surface area contributed by atoms with Gasteiger partial charge in [-0.05, 0) is 24.1 Å². The first kappa shape index (κ1) is 12.2. The molecule has 1 aliphatic heterocycles. The number of hydrogen-bond donors (Lipinski definition) is 0. The second-order valence-corrected chi connectivity index (χ2v) is 4.89. The van der Waals surface area contributed by atoms with Crippen molar-refractivity contribution in [3.63, 3.8) is 0 Å². The van der Waals surface area contributed by atoms with Crippen LogP contribution in [0.2, 0.25) is 5.02 Å². The Bertz CT molecular complexity index is 581. The highest BCUT2D eigenvalue weighted by atomic mass is 35.5. The van der Waals surface area contributed by atoms with Crippen molar-refractivity contribution < 1.29 is 4.74 Å². The second-order valence-electron chi connectivity index (χ2n) is 4.45. The number of nitrogens with zero attached hydrogens (tertiary/aromatic N) is 2. The zero-order chi connectivity index (χ0) is 13.1. The summed E-state index contributed by atoms with van der Waals surface area (Å²) in [6.45, 7) is 0.606. The molecule has 3 nitrogen and oxygen atoms in total. The summed E-state index contributed by atoms with van der Waals surface area (Å²) in [7, 11) is 0. The summed E-state index contributed by atoms with van der Waals surface area (Å²) in [5.74, 6) is 0.609. The van der Waals surface area contributed by atoms with E-state index in [1.807, 2.05) is 24.3 Å². The quantitative estimate of drug-likeness (QED) is 0.860. The lowest BCUT2D eigenvalue weighted by atomic mass is 10.1. The first-order valence-corrected chi connectivity index (χ1v) is 6.55. The maximum atomic E-state index is 5.81. The van der Waals surface area contributed by atoms with Crippen LogP contribution in [0.15, 0.2) is 53.7 Å². The molecule has 0 amide bonds. The molecule has 2 heterocycles. The van der Waals surface area contributed by atoms with Crippen molar-refractivity contribution in [2.45, 2.75) is 12.5 Å². The van der Waals surface area contributed by atoms with E-state index >= 15 is 0 Å². The number of ether oxygens (including phenoxy) is 1. The first-order chi connectivity index (χ1) is 9.31. The summed E-state index contributed by atoms with van der Waals surface area (Å²) < 4.78 is 5.61. The molecule has 1 aromatic heterocycles. The molecule has 4 heteroatoms. The Labute approximate surface area is 116 Å². The van der Waals surface area contributed by atoms with Gasteiger partial charge in [-0.1, -0.05) is 41.9 Å². The molecule has 0 radical (unpaired) electrons. The molecule has 3 rings (SSSR count). The third-order valence-electron chi connectivity index (χ3n) is 2.97. The van der Waals surface area contributed by atoms with Gasteiger partial charge in [-0.15, -0.1) is 0 Å². The zero-order valence-electron chi connectivity index (χ0n) is 10.3. The average Bonchev–Trinajstić information content (AvgIpc) is 2.89. The Balaban J connectivity index is 1.72. The van der Waals surface area contributed by atoms with Crippen LogP contribution in [0.25, 0.3) is 0 Å². The Morgan fingerprint density at radius 1 is 1.16 bits per heavy atom. The van der Waals surface area contributed by atoms with Crippen molar-refractivity contribution in [2.24, 2.45) is 4.99 Å². The molecule has 0 fully saturated rings. The Morgan fingerprint density at radius 2 is 2.00 bits per heavy atom. The number of aromatic nitrogens is 1. The molecule has 0 N–H and O–H groups in total. The maximum absolute atomic E-state index is 5.81. The van der Waals surface area contributed by atoms with Crippen LogP contribution < -0.4 is 0 Å². The molecular weight excluding hydrogens is 260 g/mol. The molecule has 0 saturated heterocycles. The van der Waals surface area contributed by atoms with Gasteiger partial charge in [-0.25, -0.2) is 9.98 Å². The van der Waals surface area contributed by atoms with Crippen molar-refractivity contribution in [1.29, 1.82) is 0 Å². The molecular formula is C15H13ClN2O. The van der Waals surface area contributed by atoms with Crippen molar-refractivity contribution >= 4 is 17.5 Å². The third-order valence-corrected chi connectivity index (χ3v) is 3.20. The summed E-state index contributed by atoms with van der Waals surface area (Å²) in [5.41, 5.74) is 2.00. The highest BCUT2D eigenvalue weighted by molar-refractivity contribution is 6.30. The fraction of sp³-hybridized carbons (Fsp3) is 0.200. The maximum Gasteiger partial charge on any atom is 0.235 e. The first-order valence-electron chi connectivity index (χ1n) is 6.18. The standard InChI is InChI=1S/C15H13ClN2O/c16-12-6-7-14(17-9-12)15-18-13(10-19-15)8-11-4-2-1-3-5-11/h1-7,9,13H,8,10H2. The monoisotopic (exact) mass is 272 g/mol. The largest absolute Gasteiger partial charge is 0.474 e. The molecule has 1 aromatic carbocycles. The van der Waals surface area contributed by atoms with Crippen molar-refractivity contribution in [3.8, 4) is 0 Å². The Morgan fingerprint density at radius 3 is 2.74 bits per heavy atom. The highest BCUT2D eigenvalue weighted by Gasteiger charge is 2.21. The molecule has 0 saturated carbocycles. The van der Waals surface area contributed by atoms with Gasteiger partial charge in [0.25, 0.3) is 0 Å². The molecule has 0 aliphatic carbocycles. The minimum absolute atomic E-state index is 0.162. The smallest absolute Gasteiger partial charge is 0.235 e. The lowest BCUT2D eigenvalue weighted by molar-refractivity contribution is 0.316. The van der Waals surface area contributed by atoms with Gasteiger partial charge in [0.05, 0.1) is 11.1 Å². The van der Waals surface area contributed by atoms with Crippen LogP contribution in [0.5, 0.6) is 0 Å². The minimum atomic E-state index is 0.162. The van der Waals surface area contributed by atoms with Gasteiger partial charge in [0, 0.05) is 6.20 Å². The molecule has 1 aliphatic rings. The van der Waals surface area contributed by atoms with Gasteiger partial charge < -0.3 is 4.74 Å². The van der Waals surface area contributed by atoms with E-state index in [-0.39, 0.29) is 6.04 Å². The number of pyridine rings is 1. The van der Waals surface area contributed by atoms with E-state index in [1.54, 1.807) is 12.3 Å². The Kier molecular flexibility index (Phi) is 3.47. The number of hydrogen-bond acceptors (Lipinski definition) is 3. The van der Waals surface area contributed by atoms with Crippen LogP contribution in [0.3, 0.4) is 0 Å². The summed E-state index contributed by atoms with van der Waals surface area (Å²) in [5, 5.41) is 0.614. The molecule has 2 aromatic rings. The molecule has 96 valence electrons. The second kappa shape index (κ2) is 5.41. The van der Waals surface area contributed by atoms with Crippen LogP contribution in [0, 0.1) is 0 Å². The topological polar surface area (TPSA) is 34.5 Å². The van der Waals surface area contributed by atoms with Gasteiger partial charge in [0.1, 0.15) is 12.3 Å². The Hall–Kier alpha value is -1.87. The average molecular weight is 273 g/mol. The molecule has 19 heavy (non-hydrogen) atoms. The summed E-state index contributed by atoms with van der Waals surface area (Å²) in [6, 6.07) is 14.1. The number of rotatable bonds is 3. The lowest BCUT2D eigenvalue weighted by Gasteiger charge is -2.03. The molecule has 1 atom stereocenters. The van der Waals surface area contributed by atoms with Crippen LogP contribution in [-0.2, 0) is 11.2 Å². The number of halogens is 1. The van der Waals surface area contributed by atoms with Gasteiger partial charge in [-0.3, -0.25) is 0 Å². The molecule has 1 unspecified atom stereocenters. The van der Waals surface area contributed by atoms with E-state index < -0.39 is 0 Å². The highest BCUT2D eigenvalue weighted by Crippen LogP contribution is 2.16. The predicted molar refractivity (Wildman–Crippen MR) is 75.7 cm³/mol. The van der Waals surface area contributed by atoms with Crippen LogP contribution in [-0.4, -0.2) is 23.5 Å². The van der Waals surface area contributed by atoms with E-state index in [9.17, 15) is 0 Å². The summed E-state index contributed by atoms with van der Waals surface area (Å²) in [6.07, 6.45) is 2.49. The van der Waals surface area contributed by atoms with E-state index in [0.29, 0.717) is 17.5 Å². The number of aliphatic imine (C=N–C) groups is 1. The van der Waals surface area contributed by atoms with E-state index in [1.165, 1.54) is 5.56 Å². The predicted octanol–water partition coefficient (Wildman–Crippen LogP) is 3.12. The summed E-state index contributed by atoms with van der Waals surface area (Å²) >= 11 is 5.81. The van der Waals surface area contributed by atoms with Crippen molar-refractivity contribution in [1.82, 2.24) is 4.98 Å². The number of benzene rings is 1. The van der Waals surface area contributed by atoms with Crippen molar-refractivity contribution in [2.75, 3.05) is 6.61 Å². The van der Waals surface area contributed by atoms with Crippen LogP contribution in [0.4, 0.5) is 0 Å². The molecule has 0 spiro atoms. The fourth-order valence-electron chi connectivity index (χ4n) is 2.05. The van der Waals surface area contributed by atoms with E-state index in [2.05, 4.69) is 22.1 Å².